The third kappa shape index (κ3) is 17.2. The van der Waals surface area contributed by atoms with Crippen molar-refractivity contribution < 1.29 is 108 Å². The third-order valence-corrected chi connectivity index (χ3v) is 19.9. The van der Waals surface area contributed by atoms with Gasteiger partial charge in [0.15, 0.2) is 54.6 Å². The molecule has 4 saturated heterocycles. The van der Waals surface area contributed by atoms with Gasteiger partial charge < -0.3 is 134 Å². The second-order valence-corrected chi connectivity index (χ2v) is 29.1. The average Bonchev–Trinajstić information content (AvgIpc) is 1.63. The van der Waals surface area contributed by atoms with Crippen LogP contribution in [0.5, 0.6) is 0 Å². The van der Waals surface area contributed by atoms with Crippen LogP contribution >= 0.6 is 21.3 Å². The first-order chi connectivity index (χ1) is 46.8. The van der Waals surface area contributed by atoms with Crippen molar-refractivity contribution in [2.75, 3.05) is 124 Å². The molecule has 4 aliphatic heterocycles. The first kappa shape index (κ1) is 75.3. The number of aliphatic hydroxyl groups is 1. The smallest absolute Gasteiger partial charge is 0.351 e. The number of hydrogen-bond acceptors (Lipinski definition) is 39. The highest BCUT2D eigenvalue weighted by Crippen LogP contribution is 2.54. The standard InChI is InChI=1S/C52H77N16O25P3S2/c1-25-16-65(51(70)63-41(25)53)48-38(81-13-9-77-5)34(27(3)87-48)91-94(72,73)84-19-29-35(39(82-14-10-78-6)49(89-29)66-17-26(2)42(54)64-52(66)71)92-96(75,98)86-20-30-36(40(83-15-11-79-7)50(90-30)68-24-62-32-44(56)58-22-60-46(32)68)93-95(74,97)85-18-28-33(69)37(80-12-8-76-4)47(88-28)67-23-61-31-43(55)57-21-59-45(31)67/h16-17,21-24,27-30,33-40,47-50,69H,8-15,18-20H2,1-7H3,(H,72,73)(H,74,97)(H,75,98)(H2,53,63,70)(H2,54,64,71)(H2,55,57,59)(H2,56,58,60)/p-3/t27-,28-,29-,30-,33?,34?,35?,36?,37+,38+,39+,40+,47-,48-,49-,50-,95?,96?/m1/s1. The lowest BCUT2D eigenvalue weighted by Gasteiger charge is -2.36. The van der Waals surface area contributed by atoms with E-state index in [0.717, 1.165) is 9.13 Å². The minimum atomic E-state index is -5.59. The van der Waals surface area contributed by atoms with Gasteiger partial charge in [-0.15, -0.1) is 0 Å². The zero-order chi connectivity index (χ0) is 70.4. The van der Waals surface area contributed by atoms with Crippen molar-refractivity contribution in [3.8, 4) is 0 Å². The number of phosphoric ester groups is 1. The summed E-state index contributed by atoms with van der Waals surface area (Å²) in [6, 6.07) is 0. The highest BCUT2D eigenvalue weighted by molar-refractivity contribution is 8.32. The van der Waals surface area contributed by atoms with Crippen molar-refractivity contribution in [1.29, 1.82) is 0 Å². The summed E-state index contributed by atoms with van der Waals surface area (Å²) in [5.74, 6) is -0.123. The number of phosphoric acid groups is 1. The first-order valence-electron chi connectivity index (χ1n) is 30.0. The number of ether oxygens (including phenoxy) is 12. The summed E-state index contributed by atoms with van der Waals surface area (Å²) in [5, 5.41) is 11.8. The Morgan fingerprint density at radius 3 is 1.43 bits per heavy atom. The molecule has 9 N–H and O–H groups in total. The lowest BCUT2D eigenvalue weighted by Crippen LogP contribution is -2.42. The summed E-state index contributed by atoms with van der Waals surface area (Å²) in [7, 11) is 0.0601. The molecule has 6 aromatic rings. The zero-order valence-corrected chi connectivity index (χ0v) is 57.9. The number of aryl methyl sites for hydroxylation is 2. The number of nitrogens with two attached hydrogens (primary N) is 4. The van der Waals surface area contributed by atoms with E-state index in [2.05, 4.69) is 39.9 Å². The number of hydrogen-bond donors (Lipinski definition) is 5. The lowest BCUT2D eigenvalue weighted by molar-refractivity contribution is -0.237. The average molecular weight is 1480 g/mol. The molecule has 41 nitrogen and oxygen atoms in total. The lowest BCUT2D eigenvalue weighted by atomic mass is 10.1. The van der Waals surface area contributed by atoms with Crippen LogP contribution in [0.25, 0.3) is 22.3 Å². The molecule has 46 heteroatoms. The topological polar surface area (TPSA) is 528 Å². The fourth-order valence-electron chi connectivity index (χ4n) is 11.1. The van der Waals surface area contributed by atoms with Crippen LogP contribution in [0.15, 0.2) is 47.3 Å². The normalized spacial score (nSPS) is 29.2. The first-order valence-corrected chi connectivity index (χ1v) is 36.6. The fraction of sp³-hybridized carbons (Fsp3) is 0.654. The summed E-state index contributed by atoms with van der Waals surface area (Å²) in [6.45, 7) is -8.39. The van der Waals surface area contributed by atoms with Crippen LogP contribution in [0.4, 0.5) is 23.3 Å². The number of methoxy groups -OCH3 is 4. The van der Waals surface area contributed by atoms with Crippen molar-refractivity contribution in [2.45, 2.75) is 119 Å². The van der Waals surface area contributed by atoms with Crippen LogP contribution in [0.1, 0.15) is 43.0 Å². The minimum Gasteiger partial charge on any atom is -0.780 e. The molecular formula is C52H74N16O25P3S2-3. The number of imidazole rings is 2. The van der Waals surface area contributed by atoms with Crippen molar-refractivity contribution in [3.63, 3.8) is 0 Å². The van der Waals surface area contributed by atoms with Crippen molar-refractivity contribution in [2.24, 2.45) is 0 Å². The largest absolute Gasteiger partial charge is 0.780 e. The SMILES string of the molecule is COCCO[C@H]1C(OP(=O)([O-])OC[C@H]2O[C@@H](n3cc(C)c(N)nc3=O)[C@@H](OCCOC)C2OP([O-])(=S)OC[C@H]2O[C@@H](n3cnc4c(N)ncnc43)[C@@H](OCCOC)C2OP(=O)([S-])OC[C@H]2O[C@@H](n3cnc4c(N)ncnc43)[C@@H](OCCOC)C2O)[C@@H](C)O[C@H]1n1cc(C)c(N)nc1=O. The third-order valence-electron chi connectivity index (χ3n) is 15.9. The summed E-state index contributed by atoms with van der Waals surface area (Å²) in [5.41, 5.74) is 23.8. The van der Waals surface area contributed by atoms with Gasteiger partial charge in [0, 0.05) is 52.0 Å². The second kappa shape index (κ2) is 32.8. The van der Waals surface area contributed by atoms with Gasteiger partial charge in [-0.05, 0) is 20.8 Å². The monoisotopic (exact) mass is 1480 g/mol. The van der Waals surface area contributed by atoms with Crippen molar-refractivity contribution >= 4 is 91.0 Å². The van der Waals surface area contributed by atoms with E-state index in [9.17, 15) is 28.7 Å². The van der Waals surface area contributed by atoms with E-state index in [4.69, 9.17) is 131 Å². The molecular weight excluding hydrogens is 1410 g/mol. The van der Waals surface area contributed by atoms with Crippen LogP contribution in [0.3, 0.4) is 0 Å². The Bertz CT molecular complexity index is 3980. The highest BCUT2D eigenvalue weighted by atomic mass is 32.7. The molecule has 10 heterocycles. The molecule has 0 aromatic carbocycles. The van der Waals surface area contributed by atoms with E-state index < -0.39 is 151 Å². The Hall–Kier alpha value is -5.32. The van der Waals surface area contributed by atoms with E-state index in [1.165, 1.54) is 82.2 Å². The molecule has 542 valence electrons. The summed E-state index contributed by atoms with van der Waals surface area (Å²) in [4.78, 5) is 89.3. The Morgan fingerprint density at radius 2 is 0.939 bits per heavy atom. The van der Waals surface area contributed by atoms with Crippen LogP contribution in [-0.4, -0.2) is 238 Å². The number of rotatable bonds is 35. The molecule has 10 rings (SSSR count). The maximum atomic E-state index is 15.1. The Labute approximate surface area is 567 Å². The molecule has 0 bridgehead atoms. The van der Waals surface area contributed by atoms with E-state index in [0.29, 0.717) is 5.56 Å². The predicted molar refractivity (Wildman–Crippen MR) is 338 cm³/mol. The van der Waals surface area contributed by atoms with E-state index in [-0.39, 0.29) is 104 Å². The van der Waals surface area contributed by atoms with Crippen LogP contribution in [0.2, 0.25) is 0 Å². The molecule has 6 aromatic heterocycles. The summed E-state index contributed by atoms with van der Waals surface area (Å²) < 4.78 is 140. The Balaban J connectivity index is 0.931. The Kier molecular flexibility index (Phi) is 25.2. The van der Waals surface area contributed by atoms with Gasteiger partial charge in [-0.1, -0.05) is 11.8 Å². The second-order valence-electron chi connectivity index (χ2n) is 22.3. The molecule has 7 unspecified atom stereocenters. The molecule has 4 aliphatic rings. The van der Waals surface area contributed by atoms with Gasteiger partial charge in [-0.2, -0.15) is 9.97 Å². The summed E-state index contributed by atoms with van der Waals surface area (Å²) in [6.07, 6.45) is -15.2. The molecule has 0 saturated carbocycles. The molecule has 0 spiro atoms. The molecule has 0 aliphatic carbocycles. The van der Waals surface area contributed by atoms with Gasteiger partial charge >= 0.3 is 11.4 Å². The van der Waals surface area contributed by atoms with Crippen LogP contribution in [-0.2, 0) is 117 Å². The predicted octanol–water partition coefficient (Wildman–Crippen LogP) is -1.86. The maximum absolute atomic E-state index is 15.1. The van der Waals surface area contributed by atoms with E-state index in [1.807, 2.05) is 0 Å². The number of aliphatic hydroxyl groups excluding tert-OH is 1. The minimum absolute atomic E-state index is 0.000532. The molecule has 19 atom stereocenters. The van der Waals surface area contributed by atoms with Gasteiger partial charge in [-0.3, -0.25) is 27.4 Å². The quantitative estimate of drug-likeness (QED) is 0.0165. The molecule has 0 radical (unpaired) electrons. The number of fused-ring (bicyclic) bond motifs is 2. The van der Waals surface area contributed by atoms with Crippen molar-refractivity contribution in [1.82, 2.24) is 58.1 Å². The zero-order valence-electron chi connectivity index (χ0n) is 53.6. The van der Waals surface area contributed by atoms with Crippen molar-refractivity contribution in [3.05, 3.63) is 69.8 Å². The Morgan fingerprint density at radius 1 is 0.531 bits per heavy atom. The van der Waals surface area contributed by atoms with Gasteiger partial charge in [0.25, 0.3) is 7.82 Å². The van der Waals surface area contributed by atoms with Gasteiger partial charge in [0.2, 0.25) is 0 Å². The van der Waals surface area contributed by atoms with Gasteiger partial charge in [0.1, 0.15) is 109 Å². The molecule has 0 amide bonds. The fourth-order valence-corrected chi connectivity index (χ4v) is 14.9. The summed E-state index contributed by atoms with van der Waals surface area (Å²) >= 11 is 11.2. The maximum Gasteiger partial charge on any atom is 0.351 e. The molecule has 4 fully saturated rings. The number of aromatic nitrogens is 12. The van der Waals surface area contributed by atoms with Gasteiger partial charge in [-0.25, -0.2) is 39.5 Å². The van der Waals surface area contributed by atoms with E-state index >= 15 is 4.89 Å². The number of nitrogen functional groups attached to an aromatic ring is 4. The number of nitrogens with zero attached hydrogens (tertiary/aromatic N) is 12. The highest BCUT2D eigenvalue weighted by Gasteiger charge is 2.54. The molecule has 98 heavy (non-hydrogen) atoms. The van der Waals surface area contributed by atoms with E-state index in [1.54, 1.807) is 13.8 Å². The number of anilines is 4. The van der Waals surface area contributed by atoms with Crippen LogP contribution < -0.4 is 44.1 Å². The van der Waals surface area contributed by atoms with Crippen LogP contribution in [0, 0.1) is 13.8 Å². The van der Waals surface area contributed by atoms with Gasteiger partial charge in [0.05, 0.1) is 91.4 Å².